The number of anilines is 1. The van der Waals surface area contributed by atoms with Crippen LogP contribution >= 0.6 is 0 Å². The number of nitrogen functional groups attached to an aromatic ring is 1. The maximum atomic E-state index is 11.8. The normalized spacial score (nSPS) is 18.6. The number of aromatic amines is 1. The predicted molar refractivity (Wildman–Crippen MR) is 61.0 cm³/mol. The van der Waals surface area contributed by atoms with Crippen LogP contribution in [0.5, 0.6) is 0 Å². The van der Waals surface area contributed by atoms with E-state index >= 15 is 0 Å². The zero-order valence-electron chi connectivity index (χ0n) is 9.36. The van der Waals surface area contributed by atoms with Gasteiger partial charge in [0.2, 0.25) is 0 Å². The molecule has 88 valence electrons. The lowest BCUT2D eigenvalue weighted by Gasteiger charge is -2.29. The van der Waals surface area contributed by atoms with Gasteiger partial charge in [0.05, 0.1) is 6.20 Å². The highest BCUT2D eigenvalue weighted by molar-refractivity contribution is 5.98. The number of aromatic nitrogens is 2. The number of nitrogens with two attached hydrogens (primary N) is 1. The van der Waals surface area contributed by atoms with Crippen molar-refractivity contribution in [2.24, 2.45) is 0 Å². The Bertz CT molecular complexity index is 367. The molecule has 1 fully saturated rings. The fourth-order valence-electron chi connectivity index (χ4n) is 1.89. The van der Waals surface area contributed by atoms with Crippen LogP contribution in [0.3, 0.4) is 0 Å². The number of nitrogens with one attached hydrogen (secondary N) is 2. The number of amides is 1. The van der Waals surface area contributed by atoms with Gasteiger partial charge in [0.1, 0.15) is 11.4 Å². The second-order valence-corrected chi connectivity index (χ2v) is 4.25. The molecule has 1 aliphatic rings. The molecule has 0 saturated carbocycles. The molecule has 1 saturated heterocycles. The Morgan fingerprint density at radius 3 is 2.88 bits per heavy atom. The molecule has 1 aliphatic heterocycles. The number of hydrogen-bond acceptors (Lipinski definition) is 4. The Kier molecular flexibility index (Phi) is 3.09. The van der Waals surface area contributed by atoms with Gasteiger partial charge in [-0.1, -0.05) is 0 Å². The fraction of sp³-hybridized carbons (Fsp3) is 0.600. The van der Waals surface area contributed by atoms with E-state index in [-0.39, 0.29) is 11.9 Å². The summed E-state index contributed by atoms with van der Waals surface area (Å²) in [6.45, 7) is 2.04. The van der Waals surface area contributed by atoms with Crippen LogP contribution in [-0.2, 0) is 0 Å². The number of H-pyrrole nitrogens is 1. The maximum Gasteiger partial charge on any atom is 0.256 e. The smallest absolute Gasteiger partial charge is 0.256 e. The third-order valence-electron chi connectivity index (χ3n) is 2.97. The van der Waals surface area contributed by atoms with E-state index in [4.69, 9.17) is 5.73 Å². The topological polar surface area (TPSA) is 87.0 Å². The summed E-state index contributed by atoms with van der Waals surface area (Å²) in [5.74, 6) is 0.186. The standard InChI is InChI=1S/C10H17N5O/c1-15-4-2-7(3-5-15)13-10(16)8-6-12-14-9(8)11/h6-7H,2-5H2,1H3,(H,13,16)(H3,11,12,14). The average molecular weight is 223 g/mol. The highest BCUT2D eigenvalue weighted by Crippen LogP contribution is 2.11. The molecule has 1 aromatic rings. The minimum atomic E-state index is -0.138. The number of carbonyl (C=O) groups excluding carboxylic acids is 1. The van der Waals surface area contributed by atoms with Crippen molar-refractivity contribution in [1.82, 2.24) is 20.4 Å². The van der Waals surface area contributed by atoms with Gasteiger partial charge in [-0.25, -0.2) is 0 Å². The number of carbonyl (C=O) groups is 1. The molecule has 16 heavy (non-hydrogen) atoms. The molecule has 2 rings (SSSR count). The highest BCUT2D eigenvalue weighted by atomic mass is 16.1. The largest absolute Gasteiger partial charge is 0.383 e. The molecule has 0 spiro atoms. The van der Waals surface area contributed by atoms with E-state index in [9.17, 15) is 4.79 Å². The van der Waals surface area contributed by atoms with Crippen LogP contribution in [0.4, 0.5) is 5.82 Å². The van der Waals surface area contributed by atoms with Crippen LogP contribution in [0.15, 0.2) is 6.20 Å². The van der Waals surface area contributed by atoms with Crippen molar-refractivity contribution >= 4 is 11.7 Å². The molecule has 1 aromatic heterocycles. The van der Waals surface area contributed by atoms with Crippen molar-refractivity contribution < 1.29 is 4.79 Å². The van der Waals surface area contributed by atoms with Crippen molar-refractivity contribution in [2.45, 2.75) is 18.9 Å². The van der Waals surface area contributed by atoms with Crippen LogP contribution in [0.1, 0.15) is 23.2 Å². The van der Waals surface area contributed by atoms with E-state index in [1.165, 1.54) is 6.20 Å². The monoisotopic (exact) mass is 223 g/mol. The van der Waals surface area contributed by atoms with E-state index in [1.807, 2.05) is 0 Å². The van der Waals surface area contributed by atoms with Gasteiger partial charge in [0.15, 0.2) is 0 Å². The van der Waals surface area contributed by atoms with Gasteiger partial charge in [0.25, 0.3) is 5.91 Å². The van der Waals surface area contributed by atoms with Gasteiger partial charge in [-0.15, -0.1) is 0 Å². The second-order valence-electron chi connectivity index (χ2n) is 4.25. The van der Waals surface area contributed by atoms with Crippen molar-refractivity contribution in [3.05, 3.63) is 11.8 Å². The van der Waals surface area contributed by atoms with Crippen LogP contribution in [0, 0.1) is 0 Å². The lowest BCUT2D eigenvalue weighted by molar-refractivity contribution is 0.0918. The molecule has 2 heterocycles. The SMILES string of the molecule is CN1CCC(NC(=O)c2cn[nH]c2N)CC1. The summed E-state index contributed by atoms with van der Waals surface area (Å²) in [6.07, 6.45) is 3.43. The molecule has 1 amide bonds. The zero-order valence-corrected chi connectivity index (χ0v) is 9.36. The molecular formula is C10H17N5O. The Hall–Kier alpha value is -1.56. The van der Waals surface area contributed by atoms with Crippen LogP contribution in [0.2, 0.25) is 0 Å². The third-order valence-corrected chi connectivity index (χ3v) is 2.97. The van der Waals surface area contributed by atoms with E-state index in [2.05, 4.69) is 27.5 Å². The van der Waals surface area contributed by atoms with Crippen LogP contribution in [0.25, 0.3) is 0 Å². The summed E-state index contributed by atoms with van der Waals surface area (Å²) in [4.78, 5) is 14.1. The zero-order chi connectivity index (χ0) is 11.5. The predicted octanol–water partition coefficient (Wildman–Crippen LogP) is -0.184. The van der Waals surface area contributed by atoms with Gasteiger partial charge in [-0.05, 0) is 33.0 Å². The lowest BCUT2D eigenvalue weighted by atomic mass is 10.1. The number of nitrogens with zero attached hydrogens (tertiary/aromatic N) is 2. The van der Waals surface area contributed by atoms with Crippen molar-refractivity contribution in [3.63, 3.8) is 0 Å². The molecule has 0 radical (unpaired) electrons. The maximum absolute atomic E-state index is 11.8. The quantitative estimate of drug-likeness (QED) is 0.649. The van der Waals surface area contributed by atoms with Crippen molar-refractivity contribution in [2.75, 3.05) is 25.9 Å². The summed E-state index contributed by atoms with van der Waals surface area (Å²) in [7, 11) is 2.09. The Labute approximate surface area is 94.2 Å². The molecule has 0 atom stereocenters. The molecule has 0 unspecified atom stereocenters. The number of rotatable bonds is 2. The summed E-state index contributed by atoms with van der Waals surface area (Å²) >= 11 is 0. The average Bonchev–Trinajstić information content (AvgIpc) is 2.68. The molecule has 6 heteroatoms. The molecule has 6 nitrogen and oxygen atoms in total. The number of hydrogen-bond donors (Lipinski definition) is 3. The van der Waals surface area contributed by atoms with Gasteiger partial charge in [-0.2, -0.15) is 5.10 Å². The van der Waals surface area contributed by atoms with Crippen molar-refractivity contribution in [3.8, 4) is 0 Å². The number of piperidine rings is 1. The first-order valence-corrected chi connectivity index (χ1v) is 5.45. The molecule has 4 N–H and O–H groups in total. The van der Waals surface area contributed by atoms with Crippen molar-refractivity contribution in [1.29, 1.82) is 0 Å². The van der Waals surface area contributed by atoms with Gasteiger partial charge in [0, 0.05) is 6.04 Å². The summed E-state index contributed by atoms with van der Waals surface area (Å²) in [6, 6.07) is 0.248. The molecule has 0 bridgehead atoms. The Morgan fingerprint density at radius 2 is 2.31 bits per heavy atom. The van der Waals surface area contributed by atoms with Gasteiger partial charge in [-0.3, -0.25) is 9.89 Å². The molecule has 0 aromatic carbocycles. The summed E-state index contributed by atoms with van der Waals surface area (Å²) in [5.41, 5.74) is 6.01. The first-order valence-electron chi connectivity index (χ1n) is 5.45. The Morgan fingerprint density at radius 1 is 1.62 bits per heavy atom. The first-order chi connectivity index (χ1) is 7.66. The second kappa shape index (κ2) is 4.52. The Balaban J connectivity index is 1.91. The number of likely N-dealkylation sites (tertiary alicyclic amines) is 1. The van der Waals surface area contributed by atoms with E-state index in [0.717, 1.165) is 25.9 Å². The van der Waals surface area contributed by atoms with Gasteiger partial charge < -0.3 is 16.0 Å². The fourth-order valence-corrected chi connectivity index (χ4v) is 1.89. The van der Waals surface area contributed by atoms with E-state index < -0.39 is 0 Å². The van der Waals surface area contributed by atoms with E-state index in [0.29, 0.717) is 11.4 Å². The third kappa shape index (κ3) is 2.33. The lowest BCUT2D eigenvalue weighted by Crippen LogP contribution is -2.43. The van der Waals surface area contributed by atoms with E-state index in [1.54, 1.807) is 0 Å². The van der Waals surface area contributed by atoms with Crippen LogP contribution < -0.4 is 11.1 Å². The first kappa shape index (κ1) is 10.9. The minimum Gasteiger partial charge on any atom is -0.383 e. The molecular weight excluding hydrogens is 206 g/mol. The summed E-state index contributed by atoms with van der Waals surface area (Å²) in [5, 5.41) is 9.26. The van der Waals surface area contributed by atoms with Crippen LogP contribution in [-0.4, -0.2) is 47.2 Å². The molecule has 0 aliphatic carbocycles. The summed E-state index contributed by atoms with van der Waals surface area (Å²) < 4.78 is 0. The van der Waals surface area contributed by atoms with Gasteiger partial charge >= 0.3 is 0 Å². The minimum absolute atomic E-state index is 0.138. The highest BCUT2D eigenvalue weighted by Gasteiger charge is 2.20.